The minimum atomic E-state index is -3.45. The Balaban J connectivity index is 2.24. The van der Waals surface area contributed by atoms with E-state index in [1.165, 1.54) is 0 Å². The third-order valence-electron chi connectivity index (χ3n) is 2.43. The summed E-state index contributed by atoms with van der Waals surface area (Å²) in [6, 6.07) is -0.628. The van der Waals surface area contributed by atoms with Crippen molar-refractivity contribution in [2.24, 2.45) is 5.73 Å². The number of nitrogens with one attached hydrogen (secondary N) is 3. The number of thioether (sulfide) groups is 1. The smallest absolute Gasteiger partial charge is 0.240 e. The average Bonchev–Trinajstić information content (AvgIpc) is 2.78. The Hall–Kier alpha value is -1.00. The maximum Gasteiger partial charge on any atom is 0.240 e. The van der Waals surface area contributed by atoms with Crippen LogP contribution in [-0.2, 0) is 14.8 Å². The summed E-state index contributed by atoms with van der Waals surface area (Å²) in [6.07, 6.45) is 1.30. The maximum atomic E-state index is 11.8. The summed E-state index contributed by atoms with van der Waals surface area (Å²) in [6.45, 7) is 0.978. The van der Waals surface area contributed by atoms with Crippen LogP contribution in [0.3, 0.4) is 0 Å². The van der Waals surface area contributed by atoms with E-state index >= 15 is 0 Å². The van der Waals surface area contributed by atoms with Crippen LogP contribution in [0.15, 0.2) is 0 Å². The van der Waals surface area contributed by atoms with Crippen molar-refractivity contribution >= 4 is 33.7 Å². The highest BCUT2D eigenvalue weighted by molar-refractivity contribution is 7.99. The van der Waals surface area contributed by atoms with Gasteiger partial charge in [0.05, 0.1) is 18.2 Å². The van der Waals surface area contributed by atoms with Crippen LogP contribution in [0.5, 0.6) is 0 Å². The van der Waals surface area contributed by atoms with Gasteiger partial charge in [-0.1, -0.05) is 0 Å². The number of carbonyl (C=O) groups excluding carboxylic acids is 1. The van der Waals surface area contributed by atoms with Crippen LogP contribution in [0.25, 0.3) is 0 Å². The Morgan fingerprint density at radius 3 is 2.79 bits per heavy atom. The van der Waals surface area contributed by atoms with Crippen molar-refractivity contribution in [1.29, 1.82) is 5.41 Å². The van der Waals surface area contributed by atoms with Gasteiger partial charge in [-0.05, 0) is 6.42 Å². The molecule has 0 saturated carbocycles. The molecule has 0 aromatic carbocycles. The summed E-state index contributed by atoms with van der Waals surface area (Å²) in [5.74, 6) is 1.18. The van der Waals surface area contributed by atoms with Gasteiger partial charge in [0, 0.05) is 18.8 Å². The molecule has 1 unspecified atom stereocenters. The number of hydrogen-bond acceptors (Lipinski definition) is 6. The molecule has 0 aromatic rings. The van der Waals surface area contributed by atoms with Gasteiger partial charge in [0.25, 0.3) is 0 Å². The van der Waals surface area contributed by atoms with Gasteiger partial charge in [-0.15, -0.1) is 11.8 Å². The van der Waals surface area contributed by atoms with Gasteiger partial charge in [-0.2, -0.15) is 0 Å². The largest absolute Gasteiger partial charge is 0.356 e. The Bertz CT molecular complexity index is 433. The molecule has 0 aromatic heterocycles. The molecule has 10 heteroatoms. The number of sulfonamides is 1. The number of rotatable bonds is 5. The fourth-order valence-corrected chi connectivity index (χ4v) is 2.92. The van der Waals surface area contributed by atoms with Gasteiger partial charge < -0.3 is 16.0 Å². The molecule has 0 bridgehead atoms. The monoisotopic (exact) mass is 309 g/mol. The third-order valence-corrected chi connectivity index (χ3v) is 3.97. The SMILES string of the molecule is CS(=O)(=O)NC(=N)NCCC(N)C(=O)N1CCSC1. The van der Waals surface area contributed by atoms with Crippen molar-refractivity contribution < 1.29 is 13.2 Å². The standard InChI is InChI=1S/C9H19N5O3S2/c1-19(16,17)13-9(11)12-3-2-7(10)8(15)14-4-5-18-6-14/h7H,2-6,10H2,1H3,(H3,11,12,13). The van der Waals surface area contributed by atoms with Gasteiger partial charge in [0.15, 0.2) is 0 Å². The van der Waals surface area contributed by atoms with Gasteiger partial charge in [0.1, 0.15) is 0 Å². The maximum absolute atomic E-state index is 11.8. The number of hydrogen-bond donors (Lipinski definition) is 4. The predicted octanol–water partition coefficient (Wildman–Crippen LogP) is -1.69. The topological polar surface area (TPSA) is 128 Å². The molecule has 0 aliphatic carbocycles. The highest BCUT2D eigenvalue weighted by Crippen LogP contribution is 2.14. The van der Waals surface area contributed by atoms with E-state index in [1.54, 1.807) is 16.7 Å². The third kappa shape index (κ3) is 6.12. The van der Waals surface area contributed by atoms with Crippen molar-refractivity contribution in [2.45, 2.75) is 12.5 Å². The van der Waals surface area contributed by atoms with Gasteiger partial charge >= 0.3 is 0 Å². The van der Waals surface area contributed by atoms with Crippen molar-refractivity contribution in [1.82, 2.24) is 14.9 Å². The van der Waals surface area contributed by atoms with E-state index in [4.69, 9.17) is 11.1 Å². The fourth-order valence-electron chi connectivity index (χ4n) is 1.52. The zero-order valence-corrected chi connectivity index (χ0v) is 12.3. The summed E-state index contributed by atoms with van der Waals surface area (Å²) in [5, 5.41) is 9.87. The molecule has 0 spiro atoms. The first kappa shape index (κ1) is 16.1. The predicted molar refractivity (Wildman–Crippen MR) is 75.3 cm³/mol. The van der Waals surface area contributed by atoms with Crippen LogP contribution in [0.1, 0.15) is 6.42 Å². The van der Waals surface area contributed by atoms with Gasteiger partial charge in [0.2, 0.25) is 21.9 Å². The number of amides is 1. The molecule has 1 saturated heterocycles. The quantitative estimate of drug-likeness (QED) is 0.354. The van der Waals surface area contributed by atoms with Crippen LogP contribution in [0, 0.1) is 5.41 Å². The Labute approximate surface area is 117 Å². The second-order valence-electron chi connectivity index (χ2n) is 4.21. The van der Waals surface area contributed by atoms with Crippen LogP contribution >= 0.6 is 11.8 Å². The molecule has 1 heterocycles. The fraction of sp³-hybridized carbons (Fsp3) is 0.778. The van der Waals surface area contributed by atoms with Crippen LogP contribution in [0.4, 0.5) is 0 Å². The lowest BCUT2D eigenvalue weighted by atomic mass is 10.2. The van der Waals surface area contributed by atoms with E-state index < -0.39 is 16.1 Å². The first-order valence-electron chi connectivity index (χ1n) is 5.72. The van der Waals surface area contributed by atoms with Crippen LogP contribution in [0.2, 0.25) is 0 Å². The number of guanidine groups is 1. The normalized spacial score (nSPS) is 17.1. The van der Waals surface area contributed by atoms with E-state index in [0.29, 0.717) is 12.3 Å². The average molecular weight is 309 g/mol. The van der Waals surface area contributed by atoms with E-state index in [1.807, 2.05) is 4.72 Å². The van der Waals surface area contributed by atoms with Crippen molar-refractivity contribution in [3.63, 3.8) is 0 Å². The highest BCUT2D eigenvalue weighted by atomic mass is 32.2. The van der Waals surface area contributed by atoms with Crippen molar-refractivity contribution in [3.8, 4) is 0 Å². The van der Waals surface area contributed by atoms with Gasteiger partial charge in [-0.25, -0.2) is 8.42 Å². The van der Waals surface area contributed by atoms with Crippen molar-refractivity contribution in [3.05, 3.63) is 0 Å². The molecule has 1 fully saturated rings. The molecule has 1 aliphatic rings. The Kier molecular flexibility index (Phi) is 5.88. The second kappa shape index (κ2) is 6.96. The lowest BCUT2D eigenvalue weighted by molar-refractivity contribution is -0.131. The van der Waals surface area contributed by atoms with Crippen LogP contribution < -0.4 is 15.8 Å². The number of nitrogens with zero attached hydrogens (tertiary/aromatic N) is 1. The molecule has 1 rings (SSSR count). The molecule has 1 atom stereocenters. The molecule has 5 N–H and O–H groups in total. The molecular formula is C9H19N5O3S2. The zero-order chi connectivity index (χ0) is 14.5. The molecule has 8 nitrogen and oxygen atoms in total. The molecule has 1 amide bonds. The van der Waals surface area contributed by atoms with E-state index in [0.717, 1.165) is 18.6 Å². The number of carbonyl (C=O) groups is 1. The highest BCUT2D eigenvalue weighted by Gasteiger charge is 2.23. The lowest BCUT2D eigenvalue weighted by Gasteiger charge is -2.19. The molecule has 0 radical (unpaired) electrons. The van der Waals surface area contributed by atoms with E-state index in [2.05, 4.69) is 5.32 Å². The number of nitrogens with two attached hydrogens (primary N) is 1. The summed E-state index contributed by atoms with van der Waals surface area (Å²) < 4.78 is 23.7. The Morgan fingerprint density at radius 1 is 1.58 bits per heavy atom. The lowest BCUT2D eigenvalue weighted by Crippen LogP contribution is -2.45. The van der Waals surface area contributed by atoms with Crippen molar-refractivity contribution in [2.75, 3.05) is 31.0 Å². The first-order valence-corrected chi connectivity index (χ1v) is 8.76. The van der Waals surface area contributed by atoms with Gasteiger partial charge in [-0.3, -0.25) is 14.9 Å². The molecule has 110 valence electrons. The summed E-state index contributed by atoms with van der Waals surface area (Å²) >= 11 is 1.69. The Morgan fingerprint density at radius 2 is 2.26 bits per heavy atom. The minimum absolute atomic E-state index is 0.102. The summed E-state index contributed by atoms with van der Waals surface area (Å²) in [7, 11) is -3.45. The second-order valence-corrected chi connectivity index (χ2v) is 7.03. The van der Waals surface area contributed by atoms with E-state index in [-0.39, 0.29) is 18.4 Å². The zero-order valence-electron chi connectivity index (χ0n) is 10.7. The minimum Gasteiger partial charge on any atom is -0.356 e. The van der Waals surface area contributed by atoms with Crippen LogP contribution in [-0.4, -0.2) is 62.2 Å². The first-order chi connectivity index (χ1) is 8.79. The summed E-state index contributed by atoms with van der Waals surface area (Å²) in [5.41, 5.74) is 5.76. The molecule has 19 heavy (non-hydrogen) atoms. The van der Waals surface area contributed by atoms with E-state index in [9.17, 15) is 13.2 Å². The summed E-state index contributed by atoms with van der Waals surface area (Å²) in [4.78, 5) is 13.5. The molecular weight excluding hydrogens is 290 g/mol. The molecule has 1 aliphatic heterocycles.